The van der Waals surface area contributed by atoms with Gasteiger partial charge >= 0.3 is 5.97 Å². The van der Waals surface area contributed by atoms with Crippen LogP contribution in [0.1, 0.15) is 72.6 Å². The van der Waals surface area contributed by atoms with E-state index in [1.54, 1.807) is 6.92 Å². The third kappa shape index (κ3) is 2.73. The zero-order valence-corrected chi connectivity index (χ0v) is 17.1. The summed E-state index contributed by atoms with van der Waals surface area (Å²) in [5.74, 6) is 1.54. The van der Waals surface area contributed by atoms with Crippen LogP contribution in [0, 0.1) is 34.5 Å². The topological polar surface area (TPSA) is 43.4 Å². The molecule has 4 aliphatic rings. The van der Waals surface area contributed by atoms with Crippen molar-refractivity contribution in [3.8, 4) is 0 Å². The quantitative estimate of drug-likeness (QED) is 0.501. The Balaban J connectivity index is 1.63. The lowest BCUT2D eigenvalue weighted by molar-refractivity contribution is -0.152. The van der Waals surface area contributed by atoms with Crippen LogP contribution in [0.5, 0.6) is 0 Å². The highest BCUT2D eigenvalue weighted by Gasteiger charge is 2.61. The summed E-state index contributed by atoms with van der Waals surface area (Å²) >= 11 is 0. The predicted molar refractivity (Wildman–Crippen MR) is 102 cm³/mol. The summed E-state index contributed by atoms with van der Waals surface area (Å²) in [4.78, 5) is 23.6. The molecule has 2 unspecified atom stereocenters. The van der Waals surface area contributed by atoms with Crippen LogP contribution in [-0.4, -0.2) is 24.0 Å². The Kier molecular flexibility index (Phi) is 4.55. The van der Waals surface area contributed by atoms with Crippen molar-refractivity contribution in [1.29, 1.82) is 0 Å². The molecule has 0 N–H and O–H groups in total. The van der Waals surface area contributed by atoms with E-state index < -0.39 is 11.6 Å². The van der Waals surface area contributed by atoms with Gasteiger partial charge in [-0.1, -0.05) is 25.5 Å². The maximum absolute atomic E-state index is 15.5. The largest absolute Gasteiger partial charge is 0.462 e. The predicted octanol–water partition coefficient (Wildman–Crippen LogP) is 5.03. The lowest BCUT2D eigenvalue weighted by Crippen LogP contribution is -2.55. The van der Waals surface area contributed by atoms with Gasteiger partial charge in [0.1, 0.15) is 18.1 Å². The first-order valence-electron chi connectivity index (χ1n) is 10.7. The summed E-state index contributed by atoms with van der Waals surface area (Å²) in [6.07, 6.45) is 7.09. The SMILES string of the molecule is CC(=O)OC1CC2=CC[C@H]3[C@@H]4CC[C@H](C(C)=O)[C@@]4(C)CC[C@@H]3[C@@]2(C)C(F)C1. The summed E-state index contributed by atoms with van der Waals surface area (Å²) < 4.78 is 20.9. The number of esters is 1. The van der Waals surface area contributed by atoms with E-state index in [4.69, 9.17) is 4.74 Å². The fourth-order valence-electron chi connectivity index (χ4n) is 7.63. The Hall–Kier alpha value is -1.19. The summed E-state index contributed by atoms with van der Waals surface area (Å²) in [5.41, 5.74) is 0.823. The van der Waals surface area contributed by atoms with Gasteiger partial charge in [0.2, 0.25) is 0 Å². The van der Waals surface area contributed by atoms with Crippen molar-refractivity contribution in [3.05, 3.63) is 11.6 Å². The molecule has 0 amide bonds. The molecular weight excluding hydrogens is 343 g/mol. The molecule has 0 aromatic heterocycles. The molecule has 0 aromatic rings. The number of rotatable bonds is 2. The van der Waals surface area contributed by atoms with Crippen molar-refractivity contribution in [3.63, 3.8) is 0 Å². The first kappa shape index (κ1) is 19.1. The monoisotopic (exact) mass is 376 g/mol. The van der Waals surface area contributed by atoms with Gasteiger partial charge in [-0.25, -0.2) is 4.39 Å². The highest BCUT2D eigenvalue weighted by Crippen LogP contribution is 2.66. The van der Waals surface area contributed by atoms with Gasteiger partial charge < -0.3 is 4.74 Å². The Labute approximate surface area is 162 Å². The Morgan fingerprint density at radius 1 is 1.15 bits per heavy atom. The molecule has 0 radical (unpaired) electrons. The van der Waals surface area contributed by atoms with Gasteiger partial charge in [0, 0.05) is 31.1 Å². The van der Waals surface area contributed by atoms with E-state index in [1.165, 1.54) is 12.5 Å². The number of Topliss-reactive ketones (excluding diaryl/α,β-unsaturated/α-hetero) is 1. The first-order chi connectivity index (χ1) is 12.7. The lowest BCUT2D eigenvalue weighted by Gasteiger charge is -2.58. The molecule has 0 saturated heterocycles. The van der Waals surface area contributed by atoms with Crippen molar-refractivity contribution in [1.82, 2.24) is 0 Å². The van der Waals surface area contributed by atoms with Crippen LogP contribution >= 0.6 is 0 Å². The van der Waals surface area contributed by atoms with Crippen LogP contribution in [0.2, 0.25) is 0 Å². The van der Waals surface area contributed by atoms with Crippen LogP contribution in [0.25, 0.3) is 0 Å². The van der Waals surface area contributed by atoms with Crippen LogP contribution in [0.15, 0.2) is 11.6 Å². The summed E-state index contributed by atoms with van der Waals surface area (Å²) in [5, 5.41) is 0. The van der Waals surface area contributed by atoms with Crippen LogP contribution in [0.4, 0.5) is 4.39 Å². The summed E-state index contributed by atoms with van der Waals surface area (Å²) in [7, 11) is 0. The maximum atomic E-state index is 15.5. The van der Waals surface area contributed by atoms with E-state index in [0.29, 0.717) is 36.4 Å². The van der Waals surface area contributed by atoms with Crippen LogP contribution in [0.3, 0.4) is 0 Å². The molecule has 150 valence electrons. The molecule has 0 spiro atoms. The van der Waals surface area contributed by atoms with Crippen molar-refractivity contribution < 1.29 is 18.7 Å². The van der Waals surface area contributed by atoms with Gasteiger partial charge in [-0.05, 0) is 62.2 Å². The van der Waals surface area contributed by atoms with E-state index >= 15 is 4.39 Å². The summed E-state index contributed by atoms with van der Waals surface area (Å²) in [6.45, 7) is 7.59. The number of ketones is 1. The second-order valence-electron chi connectivity index (χ2n) is 10.0. The molecule has 0 bridgehead atoms. The highest BCUT2D eigenvalue weighted by atomic mass is 19.1. The number of hydrogen-bond donors (Lipinski definition) is 0. The molecule has 4 heteroatoms. The first-order valence-corrected chi connectivity index (χ1v) is 10.7. The molecule has 4 aliphatic carbocycles. The standard InChI is InChI=1S/C23H33FO3/c1-13(25)18-7-8-19-17-6-5-15-11-16(27-14(2)26)12-21(24)23(15,4)20(17)9-10-22(18,19)3/h5,16-21H,6-12H2,1-4H3/t16?,17-,18+,19-,20-,21?,22+,23-/m0/s1. The molecule has 0 aliphatic heterocycles. The Bertz CT molecular complexity index is 685. The number of alkyl halides is 1. The lowest BCUT2D eigenvalue weighted by atomic mass is 9.47. The number of halogens is 1. The normalized spacial score (nSPS) is 48.7. The van der Waals surface area contributed by atoms with Gasteiger partial charge in [0.25, 0.3) is 0 Å². The third-order valence-corrected chi connectivity index (χ3v) is 8.93. The molecule has 3 saturated carbocycles. The highest BCUT2D eigenvalue weighted by molar-refractivity contribution is 5.79. The van der Waals surface area contributed by atoms with Crippen LogP contribution in [-0.2, 0) is 14.3 Å². The molecule has 4 rings (SSSR count). The van der Waals surface area contributed by atoms with E-state index in [9.17, 15) is 9.59 Å². The number of carbonyl (C=O) groups is 2. The van der Waals surface area contributed by atoms with Gasteiger partial charge in [-0.2, -0.15) is 0 Å². The second kappa shape index (κ2) is 6.42. The van der Waals surface area contributed by atoms with Gasteiger partial charge in [-0.15, -0.1) is 0 Å². The van der Waals surface area contributed by atoms with Crippen molar-refractivity contribution in [2.24, 2.45) is 34.5 Å². The second-order valence-corrected chi connectivity index (χ2v) is 10.0. The minimum atomic E-state index is -0.969. The molecule has 8 atom stereocenters. The molecular formula is C23H33FO3. The number of hydrogen-bond acceptors (Lipinski definition) is 3. The van der Waals surface area contributed by atoms with E-state index in [2.05, 4.69) is 19.9 Å². The summed E-state index contributed by atoms with van der Waals surface area (Å²) in [6, 6.07) is 0. The van der Waals surface area contributed by atoms with Crippen molar-refractivity contribution in [2.75, 3.05) is 0 Å². The molecule has 0 aromatic carbocycles. The van der Waals surface area contributed by atoms with Crippen molar-refractivity contribution >= 4 is 11.8 Å². The maximum Gasteiger partial charge on any atom is 0.302 e. The van der Waals surface area contributed by atoms with E-state index in [-0.39, 0.29) is 23.4 Å². The van der Waals surface area contributed by atoms with Crippen LogP contribution < -0.4 is 0 Å². The smallest absolute Gasteiger partial charge is 0.302 e. The molecule has 0 heterocycles. The zero-order valence-electron chi connectivity index (χ0n) is 17.1. The fraction of sp³-hybridized carbons (Fsp3) is 0.826. The minimum Gasteiger partial charge on any atom is -0.462 e. The average Bonchev–Trinajstić information content (AvgIpc) is 2.93. The number of allylic oxidation sites excluding steroid dienone is 1. The van der Waals surface area contributed by atoms with Gasteiger partial charge in [0.15, 0.2) is 0 Å². The molecule has 3 nitrogen and oxygen atoms in total. The minimum absolute atomic E-state index is 0.0927. The zero-order chi connectivity index (χ0) is 19.6. The molecule has 3 fully saturated rings. The van der Waals surface area contributed by atoms with Gasteiger partial charge in [-0.3, -0.25) is 9.59 Å². The average molecular weight is 377 g/mol. The number of ether oxygens (including phenoxy) is 1. The van der Waals surface area contributed by atoms with E-state index in [0.717, 1.165) is 32.1 Å². The molecule has 27 heavy (non-hydrogen) atoms. The van der Waals surface area contributed by atoms with Gasteiger partial charge in [0.05, 0.1) is 0 Å². The fourth-order valence-corrected chi connectivity index (χ4v) is 7.63. The Morgan fingerprint density at radius 2 is 1.89 bits per heavy atom. The Morgan fingerprint density at radius 3 is 2.56 bits per heavy atom. The number of fused-ring (bicyclic) bond motifs is 5. The number of carbonyl (C=O) groups excluding carboxylic acids is 2. The third-order valence-electron chi connectivity index (χ3n) is 8.93. The van der Waals surface area contributed by atoms with Crippen molar-refractivity contribution in [2.45, 2.75) is 84.9 Å². The van der Waals surface area contributed by atoms with E-state index in [1.807, 2.05) is 0 Å².